The van der Waals surface area contributed by atoms with Crippen LogP contribution in [0.25, 0.3) is 11.0 Å². The number of rotatable bonds is 2. The number of fused-ring (bicyclic) bond motifs is 2. The van der Waals surface area contributed by atoms with Gasteiger partial charge in [-0.1, -0.05) is 6.07 Å². The van der Waals surface area contributed by atoms with E-state index in [1.807, 2.05) is 44.4 Å². The Bertz CT molecular complexity index is 944. The highest BCUT2D eigenvalue weighted by atomic mass is 16.5. The molecule has 0 saturated carbocycles. The molecule has 0 fully saturated rings. The zero-order valence-corrected chi connectivity index (χ0v) is 13.2. The maximum Gasteiger partial charge on any atom is 0.336 e. The lowest BCUT2D eigenvalue weighted by Crippen LogP contribution is -2.40. The highest BCUT2D eigenvalue weighted by Crippen LogP contribution is 2.37. The van der Waals surface area contributed by atoms with Gasteiger partial charge in [-0.25, -0.2) is 9.36 Å². The molecule has 0 radical (unpaired) electrons. The first-order chi connectivity index (χ1) is 11.1. The Balaban J connectivity index is 1.74. The van der Waals surface area contributed by atoms with E-state index in [4.69, 9.17) is 9.15 Å². The van der Waals surface area contributed by atoms with Crippen molar-refractivity contribution in [2.24, 2.45) is 0 Å². The van der Waals surface area contributed by atoms with Crippen molar-refractivity contribution in [2.45, 2.75) is 32.9 Å². The average Bonchev–Trinajstić information content (AvgIpc) is 2.93. The Morgan fingerprint density at radius 1 is 1.17 bits per heavy atom. The van der Waals surface area contributed by atoms with Crippen LogP contribution in [0.2, 0.25) is 0 Å². The van der Waals surface area contributed by atoms with Crippen LogP contribution in [-0.4, -0.2) is 6.10 Å². The Morgan fingerprint density at radius 2 is 1.96 bits per heavy atom. The van der Waals surface area contributed by atoms with Crippen LogP contribution in [0.3, 0.4) is 0 Å². The van der Waals surface area contributed by atoms with Crippen LogP contribution in [0.1, 0.15) is 16.7 Å². The SMILES string of the molecule is Cc1cc(=O)oc2c(C)c3c(cc12)CC(C[n+]1ccccc1)O3. The summed E-state index contributed by atoms with van der Waals surface area (Å²) >= 11 is 0. The van der Waals surface area contributed by atoms with Gasteiger partial charge in [-0.05, 0) is 31.0 Å². The Labute approximate surface area is 133 Å². The van der Waals surface area contributed by atoms with Gasteiger partial charge in [-0.15, -0.1) is 0 Å². The predicted octanol–water partition coefficient (Wildman–Crippen LogP) is 2.70. The first-order valence-corrected chi connectivity index (χ1v) is 7.79. The van der Waals surface area contributed by atoms with Crippen molar-refractivity contribution in [3.8, 4) is 5.75 Å². The second-order valence-corrected chi connectivity index (χ2v) is 6.13. The van der Waals surface area contributed by atoms with Gasteiger partial charge in [0.1, 0.15) is 11.3 Å². The fourth-order valence-electron chi connectivity index (χ4n) is 3.32. The molecule has 3 aromatic rings. The number of ether oxygens (including phenoxy) is 1. The molecule has 2 aromatic heterocycles. The third-order valence-electron chi connectivity index (χ3n) is 4.42. The molecular formula is C19H18NO3+. The Hall–Kier alpha value is -2.62. The maximum absolute atomic E-state index is 11.7. The number of aryl methyl sites for hydroxylation is 2. The lowest BCUT2D eigenvalue weighted by molar-refractivity contribution is -0.702. The zero-order valence-electron chi connectivity index (χ0n) is 13.2. The van der Waals surface area contributed by atoms with Crippen molar-refractivity contribution in [3.63, 3.8) is 0 Å². The van der Waals surface area contributed by atoms with E-state index in [2.05, 4.69) is 10.6 Å². The Morgan fingerprint density at radius 3 is 2.74 bits per heavy atom. The van der Waals surface area contributed by atoms with Crippen LogP contribution in [0.15, 0.2) is 51.9 Å². The summed E-state index contributed by atoms with van der Waals surface area (Å²) in [4.78, 5) is 11.7. The van der Waals surface area contributed by atoms with E-state index in [1.165, 1.54) is 5.56 Å². The van der Waals surface area contributed by atoms with E-state index < -0.39 is 0 Å². The molecule has 4 rings (SSSR count). The minimum absolute atomic E-state index is 0.0972. The summed E-state index contributed by atoms with van der Waals surface area (Å²) in [6.07, 6.45) is 5.05. The first kappa shape index (κ1) is 14.0. The minimum atomic E-state index is -0.313. The van der Waals surface area contributed by atoms with Gasteiger partial charge in [-0.2, -0.15) is 0 Å². The largest absolute Gasteiger partial charge is 0.483 e. The van der Waals surface area contributed by atoms with Crippen molar-refractivity contribution >= 4 is 11.0 Å². The molecule has 3 heterocycles. The molecule has 1 aromatic carbocycles. The van der Waals surface area contributed by atoms with Gasteiger partial charge in [0, 0.05) is 35.6 Å². The van der Waals surface area contributed by atoms with E-state index in [0.29, 0.717) is 5.58 Å². The average molecular weight is 308 g/mol. The second-order valence-electron chi connectivity index (χ2n) is 6.13. The van der Waals surface area contributed by atoms with Gasteiger partial charge in [0.25, 0.3) is 0 Å². The van der Waals surface area contributed by atoms with Crippen LogP contribution in [0, 0.1) is 13.8 Å². The molecule has 0 bridgehead atoms. The van der Waals surface area contributed by atoms with Crippen molar-refractivity contribution in [2.75, 3.05) is 0 Å². The summed E-state index contributed by atoms with van der Waals surface area (Å²) in [5.74, 6) is 0.868. The molecule has 1 atom stereocenters. The standard InChI is InChI=1S/C19H18NO3/c1-12-8-17(21)23-19-13(2)18-14(10-16(12)19)9-15(22-18)11-20-6-4-3-5-7-20/h3-8,10,15H,9,11H2,1-2H3/q+1. The monoisotopic (exact) mass is 308 g/mol. The third kappa shape index (κ3) is 2.40. The molecule has 0 amide bonds. The quantitative estimate of drug-likeness (QED) is 0.540. The molecule has 1 aliphatic rings. The molecule has 116 valence electrons. The molecule has 0 saturated heterocycles. The van der Waals surface area contributed by atoms with Crippen LogP contribution < -0.4 is 14.9 Å². The molecule has 1 unspecified atom stereocenters. The molecule has 0 aliphatic carbocycles. The number of aromatic nitrogens is 1. The minimum Gasteiger partial charge on any atom is -0.483 e. The summed E-state index contributed by atoms with van der Waals surface area (Å²) in [5, 5.41) is 0.998. The summed E-state index contributed by atoms with van der Waals surface area (Å²) < 4.78 is 13.7. The van der Waals surface area contributed by atoms with Gasteiger partial charge in [0.2, 0.25) is 0 Å². The van der Waals surface area contributed by atoms with Crippen molar-refractivity contribution in [1.29, 1.82) is 0 Å². The predicted molar refractivity (Wildman–Crippen MR) is 86.7 cm³/mol. The highest BCUT2D eigenvalue weighted by Gasteiger charge is 2.29. The topological polar surface area (TPSA) is 43.3 Å². The number of nitrogens with zero attached hydrogens (tertiary/aromatic N) is 1. The van der Waals surface area contributed by atoms with E-state index in [-0.39, 0.29) is 11.7 Å². The van der Waals surface area contributed by atoms with Gasteiger partial charge in [0.05, 0.1) is 0 Å². The lowest BCUT2D eigenvalue weighted by atomic mass is 10.0. The molecule has 4 heteroatoms. The maximum atomic E-state index is 11.7. The number of pyridine rings is 1. The first-order valence-electron chi connectivity index (χ1n) is 7.79. The van der Waals surface area contributed by atoms with Gasteiger partial charge < -0.3 is 9.15 Å². The smallest absolute Gasteiger partial charge is 0.336 e. The fourth-order valence-corrected chi connectivity index (χ4v) is 3.32. The number of hydrogen-bond donors (Lipinski definition) is 0. The van der Waals surface area contributed by atoms with E-state index >= 15 is 0 Å². The Kier molecular flexibility index (Phi) is 3.18. The van der Waals surface area contributed by atoms with E-state index in [1.54, 1.807) is 6.07 Å². The van der Waals surface area contributed by atoms with Gasteiger partial charge in [-0.3, -0.25) is 0 Å². The number of benzene rings is 1. The number of hydrogen-bond acceptors (Lipinski definition) is 3. The van der Waals surface area contributed by atoms with Crippen LogP contribution in [-0.2, 0) is 13.0 Å². The molecular weight excluding hydrogens is 290 g/mol. The molecule has 4 nitrogen and oxygen atoms in total. The normalized spacial score (nSPS) is 16.3. The van der Waals surface area contributed by atoms with Crippen LogP contribution >= 0.6 is 0 Å². The van der Waals surface area contributed by atoms with Crippen molar-refractivity contribution in [3.05, 3.63) is 69.8 Å². The summed E-state index contributed by atoms with van der Waals surface area (Å²) in [6.45, 7) is 4.70. The van der Waals surface area contributed by atoms with E-state index in [9.17, 15) is 4.79 Å². The highest BCUT2D eigenvalue weighted by molar-refractivity contribution is 5.86. The summed E-state index contributed by atoms with van der Waals surface area (Å²) in [7, 11) is 0. The molecule has 0 spiro atoms. The lowest BCUT2D eigenvalue weighted by Gasteiger charge is -2.10. The summed E-state index contributed by atoms with van der Waals surface area (Å²) in [6, 6.07) is 9.68. The van der Waals surface area contributed by atoms with Crippen molar-refractivity contribution < 1.29 is 13.7 Å². The third-order valence-corrected chi connectivity index (χ3v) is 4.42. The van der Waals surface area contributed by atoms with Crippen molar-refractivity contribution in [1.82, 2.24) is 0 Å². The zero-order chi connectivity index (χ0) is 16.0. The molecule has 0 N–H and O–H groups in total. The molecule has 1 aliphatic heterocycles. The van der Waals surface area contributed by atoms with Crippen LogP contribution in [0.4, 0.5) is 0 Å². The van der Waals surface area contributed by atoms with Crippen LogP contribution in [0.5, 0.6) is 5.75 Å². The molecule has 23 heavy (non-hydrogen) atoms. The van der Waals surface area contributed by atoms with Gasteiger partial charge >= 0.3 is 5.63 Å². The fraction of sp³-hybridized carbons (Fsp3) is 0.263. The summed E-state index contributed by atoms with van der Waals surface area (Å²) in [5.41, 5.74) is 3.38. The van der Waals surface area contributed by atoms with E-state index in [0.717, 1.165) is 35.2 Å². The second kappa shape index (κ2) is 5.23. The van der Waals surface area contributed by atoms with Gasteiger partial charge in [0.15, 0.2) is 25.0 Å².